The van der Waals surface area contributed by atoms with E-state index in [0.29, 0.717) is 52.5 Å². The van der Waals surface area contributed by atoms with Gasteiger partial charge in [0, 0.05) is 24.6 Å². The van der Waals surface area contributed by atoms with Crippen LogP contribution in [-0.2, 0) is 32.4 Å². The third kappa shape index (κ3) is 16.4. The molecule has 0 bridgehead atoms. The number of esters is 2. The molecule has 2 atom stereocenters. The van der Waals surface area contributed by atoms with Crippen LogP contribution in [0.1, 0.15) is 68.1 Å². The lowest BCUT2D eigenvalue weighted by Crippen LogP contribution is -2.08. The zero-order chi connectivity index (χ0) is 38.3. The summed E-state index contributed by atoms with van der Waals surface area (Å²) in [6, 6.07) is 19.2. The Hall–Kier alpha value is -5.13. The number of benzene rings is 3. The Labute approximate surface area is 315 Å². The maximum Gasteiger partial charge on any atom is 0.331 e. The zero-order valence-corrected chi connectivity index (χ0v) is 31.0. The minimum Gasteiger partial charge on any atom is -0.493 e. The van der Waals surface area contributed by atoms with Gasteiger partial charge in [-0.1, -0.05) is 78.7 Å². The van der Waals surface area contributed by atoms with Crippen LogP contribution in [0.3, 0.4) is 0 Å². The molecule has 284 valence electrons. The van der Waals surface area contributed by atoms with Crippen molar-refractivity contribution in [2.24, 2.45) is 11.8 Å². The number of carbonyl (C=O) groups excluding carboxylic acids is 2. The molecule has 1 aliphatic rings. The lowest BCUT2D eigenvalue weighted by Gasteiger charge is -2.14. The highest BCUT2D eigenvalue weighted by Gasteiger charge is 2.23. The van der Waals surface area contributed by atoms with Crippen LogP contribution in [0.5, 0.6) is 17.2 Å². The first-order chi connectivity index (χ1) is 25.8. The molecule has 0 aliphatic heterocycles. The number of hydrogen-bond acceptors (Lipinski definition) is 10. The number of allylic oxidation sites excluding steroid dienone is 3. The molecule has 0 spiro atoms. The fourth-order valence-electron chi connectivity index (χ4n) is 5.71. The predicted molar refractivity (Wildman–Crippen MR) is 203 cm³/mol. The largest absolute Gasteiger partial charge is 0.493 e. The smallest absolute Gasteiger partial charge is 0.331 e. The number of halogens is 1. The topological polar surface area (TPSA) is 144 Å². The molecule has 1 unspecified atom stereocenters. The molecule has 3 aromatic carbocycles. The van der Waals surface area contributed by atoms with E-state index < -0.39 is 11.1 Å². The van der Waals surface area contributed by atoms with E-state index in [4.69, 9.17) is 35.7 Å². The second-order valence-electron chi connectivity index (χ2n) is 12.1. The Kier molecular flexibility index (Phi) is 19.3. The van der Waals surface area contributed by atoms with Gasteiger partial charge in [-0.15, -0.1) is 10.1 Å². The fraction of sp³-hybridized carbons (Fsp3) is 0.366. The fourth-order valence-corrected chi connectivity index (χ4v) is 5.89. The summed E-state index contributed by atoms with van der Waals surface area (Å²) in [6.45, 7) is 0.510. The lowest BCUT2D eigenvalue weighted by molar-refractivity contribution is -0.763. The van der Waals surface area contributed by atoms with Crippen LogP contribution in [0.4, 0.5) is 0 Å². The standard InChI is InChI=1S/C40H44ClNO9.CH4O/c1-47-38-26-30(22-24-39(43)49-28-31-17-19-32(20-18-31)29-50-42(45)46)21-23-37(38)51-40(44)16-5-3-2-4-10-33-12-8-13-34(33)11-6-7-25-48-36-15-9-14-35(41)27-36;1-2/h2,4,6,9,11,14-15,17-24,26-27,33-34H,3,5,7-8,10,12-13,16,25,28-29H2,1H3;2H,1H3/b4-2-,11-6+,24-22+;/t33-,34?;/m0./s1. The van der Waals surface area contributed by atoms with Crippen LogP contribution in [0.25, 0.3) is 6.08 Å². The van der Waals surface area contributed by atoms with Gasteiger partial charge in [0.25, 0.3) is 5.09 Å². The molecule has 53 heavy (non-hydrogen) atoms. The summed E-state index contributed by atoms with van der Waals surface area (Å²) in [5.41, 5.74) is 2.01. The van der Waals surface area contributed by atoms with E-state index in [-0.39, 0.29) is 25.6 Å². The van der Waals surface area contributed by atoms with Gasteiger partial charge in [0.1, 0.15) is 19.0 Å². The molecule has 0 amide bonds. The third-order valence-corrected chi connectivity index (χ3v) is 8.61. The van der Waals surface area contributed by atoms with Crippen LogP contribution >= 0.6 is 11.6 Å². The quantitative estimate of drug-likeness (QED) is 0.0226. The average molecular weight is 750 g/mol. The highest BCUT2D eigenvalue weighted by atomic mass is 35.5. The normalized spacial score (nSPS) is 15.2. The van der Waals surface area contributed by atoms with Crippen LogP contribution in [0.2, 0.25) is 5.02 Å². The Morgan fingerprint density at radius 1 is 0.943 bits per heavy atom. The summed E-state index contributed by atoms with van der Waals surface area (Å²) >= 11 is 6.01. The molecule has 0 saturated heterocycles. The molecule has 0 aromatic heterocycles. The monoisotopic (exact) mass is 749 g/mol. The van der Waals surface area contributed by atoms with Crippen molar-refractivity contribution in [3.05, 3.63) is 129 Å². The third-order valence-electron chi connectivity index (χ3n) is 8.37. The molecule has 1 fully saturated rings. The molecule has 1 N–H and O–H groups in total. The SMILES string of the molecule is CO.COc1cc(/C=C/C(=O)OCc2ccc(CO[N+](=O)[O-])cc2)ccc1OC(=O)CCC/C=C\C[C@H]1CCCC1/C=C/CCOc1cccc(Cl)c1. The Morgan fingerprint density at radius 2 is 1.72 bits per heavy atom. The average Bonchev–Trinajstić information content (AvgIpc) is 3.62. The Balaban J connectivity index is 0.00000372. The van der Waals surface area contributed by atoms with Gasteiger partial charge in [0.2, 0.25) is 0 Å². The molecule has 0 radical (unpaired) electrons. The summed E-state index contributed by atoms with van der Waals surface area (Å²) in [5.74, 6) is 1.81. The number of rotatable bonds is 20. The summed E-state index contributed by atoms with van der Waals surface area (Å²) < 4.78 is 22.0. The maximum atomic E-state index is 12.5. The Bertz CT molecular complexity index is 1670. The Morgan fingerprint density at radius 3 is 2.45 bits per heavy atom. The second kappa shape index (κ2) is 24.2. The number of aliphatic hydroxyl groups is 1. The van der Waals surface area contributed by atoms with Gasteiger partial charge in [-0.25, -0.2) is 4.79 Å². The molecule has 1 saturated carbocycles. The van der Waals surface area contributed by atoms with Crippen LogP contribution in [-0.4, -0.2) is 43.0 Å². The summed E-state index contributed by atoms with van der Waals surface area (Å²) in [5, 5.41) is 17.1. The molecular formula is C41H48ClNO10. The summed E-state index contributed by atoms with van der Waals surface area (Å²) in [6.07, 6.45) is 19.2. The summed E-state index contributed by atoms with van der Waals surface area (Å²) in [7, 11) is 2.48. The van der Waals surface area contributed by atoms with E-state index in [1.54, 1.807) is 48.5 Å². The number of unbranched alkanes of at least 4 members (excludes halogenated alkanes) is 1. The highest BCUT2D eigenvalue weighted by Crippen LogP contribution is 2.35. The number of carbonyl (C=O) groups is 2. The minimum absolute atomic E-state index is 0.0376. The lowest BCUT2D eigenvalue weighted by atomic mass is 9.92. The first-order valence-corrected chi connectivity index (χ1v) is 17.9. The molecular weight excluding hydrogens is 702 g/mol. The van der Waals surface area contributed by atoms with Gasteiger partial charge >= 0.3 is 11.9 Å². The van der Waals surface area contributed by atoms with Gasteiger partial charge < -0.3 is 28.9 Å². The van der Waals surface area contributed by atoms with Crippen molar-refractivity contribution < 1.29 is 43.6 Å². The number of ether oxygens (including phenoxy) is 4. The van der Waals surface area contributed by atoms with Crippen molar-refractivity contribution in [2.45, 2.75) is 64.6 Å². The van der Waals surface area contributed by atoms with Crippen LogP contribution in [0, 0.1) is 22.0 Å². The van der Waals surface area contributed by atoms with E-state index in [0.717, 1.165) is 37.7 Å². The highest BCUT2D eigenvalue weighted by molar-refractivity contribution is 6.30. The van der Waals surface area contributed by atoms with Crippen molar-refractivity contribution in [3.63, 3.8) is 0 Å². The second-order valence-corrected chi connectivity index (χ2v) is 12.6. The molecule has 12 heteroatoms. The zero-order valence-electron chi connectivity index (χ0n) is 30.2. The van der Waals surface area contributed by atoms with E-state index in [1.165, 1.54) is 32.4 Å². The molecule has 3 aromatic rings. The van der Waals surface area contributed by atoms with Gasteiger partial charge in [-0.2, -0.15) is 0 Å². The first-order valence-electron chi connectivity index (χ1n) is 17.5. The van der Waals surface area contributed by atoms with Crippen LogP contribution < -0.4 is 14.2 Å². The summed E-state index contributed by atoms with van der Waals surface area (Å²) in [4.78, 5) is 39.4. The van der Waals surface area contributed by atoms with E-state index in [2.05, 4.69) is 29.1 Å². The molecule has 1 aliphatic carbocycles. The van der Waals surface area contributed by atoms with Crippen molar-refractivity contribution in [2.75, 3.05) is 20.8 Å². The van der Waals surface area contributed by atoms with Gasteiger partial charge in [-0.3, -0.25) is 4.79 Å². The first kappa shape index (κ1) is 42.3. The predicted octanol–water partition coefficient (Wildman–Crippen LogP) is 8.89. The number of hydrogen-bond donors (Lipinski definition) is 1. The van der Waals surface area contributed by atoms with Crippen molar-refractivity contribution in [3.8, 4) is 17.2 Å². The number of nitrogens with zero attached hydrogens (tertiary/aromatic N) is 1. The minimum atomic E-state index is -0.852. The van der Waals surface area contributed by atoms with Gasteiger partial charge in [0.05, 0.1) is 13.7 Å². The van der Waals surface area contributed by atoms with Crippen molar-refractivity contribution >= 4 is 29.6 Å². The molecule has 4 rings (SSSR count). The maximum absolute atomic E-state index is 12.5. The molecule has 11 nitrogen and oxygen atoms in total. The van der Waals surface area contributed by atoms with Crippen LogP contribution in [0.15, 0.2) is 97.1 Å². The van der Waals surface area contributed by atoms with E-state index >= 15 is 0 Å². The van der Waals surface area contributed by atoms with E-state index in [1.807, 2.05) is 24.3 Å². The van der Waals surface area contributed by atoms with E-state index in [9.17, 15) is 19.7 Å². The molecule has 0 heterocycles. The van der Waals surface area contributed by atoms with Gasteiger partial charge in [0.15, 0.2) is 11.5 Å². The number of aliphatic hydroxyl groups excluding tert-OH is 1. The van der Waals surface area contributed by atoms with Gasteiger partial charge in [-0.05, 0) is 103 Å². The number of methoxy groups -OCH3 is 1. The van der Waals surface area contributed by atoms with Crippen molar-refractivity contribution in [1.82, 2.24) is 0 Å². The van der Waals surface area contributed by atoms with Crippen molar-refractivity contribution in [1.29, 1.82) is 0 Å².